The molecule has 0 unspecified atom stereocenters. The van der Waals surface area contributed by atoms with E-state index in [-0.39, 0.29) is 29.8 Å². The van der Waals surface area contributed by atoms with Crippen LogP contribution in [0.2, 0.25) is 10.0 Å². The lowest BCUT2D eigenvalue weighted by molar-refractivity contribution is -0.135. The van der Waals surface area contributed by atoms with Crippen LogP contribution in [-0.2, 0) is 36.8 Å². The van der Waals surface area contributed by atoms with Crippen molar-refractivity contribution in [1.82, 2.24) is 35.5 Å². The van der Waals surface area contributed by atoms with Gasteiger partial charge < -0.3 is 55.8 Å². The number of aliphatic hydroxyl groups is 1. The number of nitrogen functional groups attached to an aromatic ring is 1. The van der Waals surface area contributed by atoms with E-state index in [1.54, 1.807) is 11.1 Å². The van der Waals surface area contributed by atoms with Gasteiger partial charge in [0.15, 0.2) is 0 Å². The molecular weight excluding hydrogens is 984 g/mol. The molecule has 17 nitrogen and oxygen atoms in total. The molecule has 0 bridgehead atoms. The van der Waals surface area contributed by atoms with Crippen LogP contribution in [0.5, 0.6) is 0 Å². The zero-order chi connectivity index (χ0) is 51.7. The number of aromatic amines is 1. The maximum absolute atomic E-state index is 13.9. The van der Waals surface area contributed by atoms with Crippen molar-refractivity contribution < 1.29 is 33.7 Å². The molecule has 3 amide bonds. The monoisotopic (exact) mass is 1050 g/mol. The van der Waals surface area contributed by atoms with Crippen LogP contribution in [0.15, 0.2) is 79.0 Å². The van der Waals surface area contributed by atoms with Crippen molar-refractivity contribution in [3.8, 4) is 22.3 Å². The molecule has 5 heterocycles. The summed E-state index contributed by atoms with van der Waals surface area (Å²) >= 11 is 13.2. The SMILES string of the molecule is Cc1nc([C@H](C)NC(=O)c2ccc(-c3ccc(N)cc3)cc2)cc(N2[C@H](C(=O)NCCOCCOCCOCCNc3ccc(-c4cc(Cl)c(Cl)c5[nH]c6c(c45)CN(C(=O)CO)CC6)cn3)C[C@@H]3CCCC[C@@H]32)n1. The van der Waals surface area contributed by atoms with Crippen LogP contribution in [0, 0.1) is 12.8 Å². The molecule has 1 saturated heterocycles. The molecule has 1 aliphatic carbocycles. The first kappa shape index (κ1) is 52.5. The van der Waals surface area contributed by atoms with Gasteiger partial charge in [-0.05, 0) is 98.2 Å². The number of aryl methyl sites for hydroxylation is 1. The minimum atomic E-state index is -0.536. The van der Waals surface area contributed by atoms with Crippen LogP contribution in [0.3, 0.4) is 0 Å². The third kappa shape index (κ3) is 12.3. The zero-order valence-corrected chi connectivity index (χ0v) is 43.3. The number of carbonyl (C=O) groups excluding carboxylic acids is 3. The number of fused-ring (bicyclic) bond motifs is 4. The highest BCUT2D eigenvalue weighted by atomic mass is 35.5. The van der Waals surface area contributed by atoms with Gasteiger partial charge in [0.1, 0.15) is 30.1 Å². The number of carbonyl (C=O) groups is 3. The number of nitrogens with zero attached hydrogens (tertiary/aromatic N) is 5. The van der Waals surface area contributed by atoms with Gasteiger partial charge in [0.05, 0.1) is 66.9 Å². The lowest BCUT2D eigenvalue weighted by atomic mass is 9.84. The quantitative estimate of drug-likeness (QED) is 0.0301. The maximum atomic E-state index is 13.9. The normalized spacial score (nSPS) is 17.7. The first-order valence-corrected chi connectivity index (χ1v) is 26.2. The molecule has 3 aromatic carbocycles. The van der Waals surface area contributed by atoms with Gasteiger partial charge >= 0.3 is 0 Å². The predicted octanol–water partition coefficient (Wildman–Crippen LogP) is 7.67. The minimum Gasteiger partial charge on any atom is -0.399 e. The fourth-order valence-corrected chi connectivity index (χ4v) is 10.9. The number of nitrogens with one attached hydrogen (secondary N) is 4. The molecule has 9 rings (SSSR count). The van der Waals surface area contributed by atoms with Crippen molar-refractivity contribution in [3.63, 3.8) is 0 Å². The van der Waals surface area contributed by atoms with E-state index in [1.807, 2.05) is 86.6 Å². The maximum Gasteiger partial charge on any atom is 0.251 e. The number of aromatic nitrogens is 4. The van der Waals surface area contributed by atoms with Crippen molar-refractivity contribution >= 4 is 69.1 Å². The van der Waals surface area contributed by atoms with E-state index in [4.69, 9.17) is 53.1 Å². The van der Waals surface area contributed by atoms with Gasteiger partial charge in [0.2, 0.25) is 11.8 Å². The number of nitrogens with two attached hydrogens (primary N) is 1. The second-order valence-electron chi connectivity index (χ2n) is 19.1. The van der Waals surface area contributed by atoms with Crippen molar-refractivity contribution in [2.45, 2.75) is 77.0 Å². The Morgan fingerprint density at radius 3 is 2.28 bits per heavy atom. The van der Waals surface area contributed by atoms with Crippen molar-refractivity contribution in [1.29, 1.82) is 0 Å². The highest BCUT2D eigenvalue weighted by Gasteiger charge is 2.46. The number of amides is 3. The van der Waals surface area contributed by atoms with Crippen molar-refractivity contribution in [3.05, 3.63) is 117 Å². The Morgan fingerprint density at radius 2 is 1.57 bits per heavy atom. The summed E-state index contributed by atoms with van der Waals surface area (Å²) in [7, 11) is 0. The van der Waals surface area contributed by atoms with E-state index in [1.165, 1.54) is 0 Å². The Bertz CT molecular complexity index is 2920. The first-order valence-electron chi connectivity index (χ1n) is 25.5. The van der Waals surface area contributed by atoms with Crippen LogP contribution in [-0.4, -0.2) is 126 Å². The summed E-state index contributed by atoms with van der Waals surface area (Å²) in [6, 6.07) is 22.1. The van der Waals surface area contributed by atoms with Crippen LogP contribution in [0.25, 0.3) is 33.2 Å². The van der Waals surface area contributed by atoms with Gasteiger partial charge in [0.25, 0.3) is 5.91 Å². The number of pyridine rings is 1. The third-order valence-electron chi connectivity index (χ3n) is 14.2. The van der Waals surface area contributed by atoms with Crippen LogP contribution in [0.4, 0.5) is 17.3 Å². The van der Waals surface area contributed by atoms with Gasteiger partial charge in [-0.1, -0.05) is 60.3 Å². The summed E-state index contributed by atoms with van der Waals surface area (Å²) < 4.78 is 17.3. The molecule has 3 aliphatic rings. The fourth-order valence-electron chi connectivity index (χ4n) is 10.5. The number of anilines is 3. The van der Waals surface area contributed by atoms with Gasteiger partial charge in [0, 0.05) is 84.4 Å². The highest BCUT2D eigenvalue weighted by Crippen LogP contribution is 2.44. The van der Waals surface area contributed by atoms with E-state index >= 15 is 0 Å². The lowest BCUT2D eigenvalue weighted by Crippen LogP contribution is -2.48. The molecule has 4 atom stereocenters. The summed E-state index contributed by atoms with van der Waals surface area (Å²) in [6.07, 6.45) is 7.46. The summed E-state index contributed by atoms with van der Waals surface area (Å²) in [5.41, 5.74) is 14.2. The molecule has 390 valence electrons. The third-order valence-corrected chi connectivity index (χ3v) is 15.0. The highest BCUT2D eigenvalue weighted by molar-refractivity contribution is 6.45. The number of hydrogen-bond acceptors (Lipinski definition) is 13. The molecule has 3 aromatic heterocycles. The van der Waals surface area contributed by atoms with E-state index in [2.05, 4.69) is 30.8 Å². The van der Waals surface area contributed by atoms with Gasteiger partial charge in [-0.2, -0.15) is 0 Å². The molecule has 2 fully saturated rings. The molecule has 1 saturated carbocycles. The zero-order valence-electron chi connectivity index (χ0n) is 41.8. The van der Waals surface area contributed by atoms with Gasteiger partial charge in [-0.25, -0.2) is 15.0 Å². The van der Waals surface area contributed by atoms with Crippen LogP contribution >= 0.6 is 23.2 Å². The molecule has 7 N–H and O–H groups in total. The number of halogens is 2. The topological polar surface area (TPSA) is 222 Å². The largest absolute Gasteiger partial charge is 0.399 e. The number of hydrogen-bond donors (Lipinski definition) is 6. The number of aliphatic hydroxyl groups excluding tert-OH is 1. The average molecular weight is 1050 g/mol. The number of benzene rings is 3. The van der Waals surface area contributed by atoms with Gasteiger partial charge in [-0.15, -0.1) is 0 Å². The Hall–Kier alpha value is -6.34. The summed E-state index contributed by atoms with van der Waals surface area (Å²) in [6.45, 7) is 7.42. The van der Waals surface area contributed by atoms with Crippen LogP contribution in [0.1, 0.15) is 78.2 Å². The molecule has 0 radical (unpaired) electrons. The second-order valence-corrected chi connectivity index (χ2v) is 19.9. The average Bonchev–Trinajstić information content (AvgIpc) is 4.00. The van der Waals surface area contributed by atoms with E-state index in [9.17, 15) is 19.5 Å². The molecular formula is C55H64Cl2N10O7. The Balaban J connectivity index is 0.677. The summed E-state index contributed by atoms with van der Waals surface area (Å²) in [5.74, 6) is 1.80. The fraction of sp³-hybridized carbons (Fsp3) is 0.418. The smallest absolute Gasteiger partial charge is 0.251 e. The van der Waals surface area contributed by atoms with E-state index in [0.717, 1.165) is 76.5 Å². The van der Waals surface area contributed by atoms with Crippen LogP contribution < -0.4 is 26.6 Å². The Labute approximate surface area is 440 Å². The van der Waals surface area contributed by atoms with E-state index in [0.29, 0.717) is 123 Å². The summed E-state index contributed by atoms with van der Waals surface area (Å²) in [4.78, 5) is 61.1. The Morgan fingerprint density at radius 1 is 0.878 bits per heavy atom. The lowest BCUT2D eigenvalue weighted by Gasteiger charge is -2.35. The first-order chi connectivity index (χ1) is 35.9. The molecule has 19 heteroatoms. The molecule has 0 spiro atoms. The van der Waals surface area contributed by atoms with E-state index < -0.39 is 12.6 Å². The molecule has 74 heavy (non-hydrogen) atoms. The van der Waals surface area contributed by atoms with Gasteiger partial charge in [-0.3, -0.25) is 14.4 Å². The summed E-state index contributed by atoms with van der Waals surface area (Å²) in [5, 5.41) is 20.7. The number of rotatable bonds is 21. The van der Waals surface area contributed by atoms with Crippen molar-refractivity contribution in [2.75, 3.05) is 81.8 Å². The number of H-pyrrole nitrogens is 1. The predicted molar refractivity (Wildman–Crippen MR) is 287 cm³/mol. The second kappa shape index (κ2) is 24.3. The minimum absolute atomic E-state index is 0.0482. The number of ether oxygens (including phenoxy) is 3. The standard InChI is InChI=1S/C55H64Cl2N10O7/c1-33(62-54(70)37-9-7-35(8-10-37)36-11-14-40(58)15-12-36)45-29-49(64-34(2)63-45)67-46-6-4-3-5-38(46)27-47(67)55(71)60-19-22-73-24-26-74-25-23-72-21-18-59-48-16-13-39(30-61-48)41-28-43(56)52(57)53-51(41)42-31-66(50(69)32-68)20-17-44(42)65-53/h7-16,28-30,33,38,46-47,65,68H,3-6,17-27,31-32,58H2,1-2H3,(H,59,61)(H,60,71)(H,62,70)/t33-,38-,46-,47-/m0/s1. The molecule has 6 aromatic rings. The van der Waals surface area contributed by atoms with Crippen molar-refractivity contribution in [2.24, 2.45) is 5.92 Å². The Kier molecular flexibility index (Phi) is 17.3. The molecule has 2 aliphatic heterocycles.